The average Bonchev–Trinajstić information content (AvgIpc) is 3.41. The van der Waals surface area contributed by atoms with Crippen LogP contribution in [-0.4, -0.2) is 38.0 Å². The number of imidazole rings is 1. The quantitative estimate of drug-likeness (QED) is 0.260. The third-order valence-corrected chi connectivity index (χ3v) is 6.83. The number of hydrogen-bond acceptors (Lipinski definition) is 9. The summed E-state index contributed by atoms with van der Waals surface area (Å²) in [6, 6.07) is 11.0. The van der Waals surface area contributed by atoms with E-state index >= 15 is 0 Å². The van der Waals surface area contributed by atoms with Crippen LogP contribution >= 0.6 is 35.0 Å². The Balaban J connectivity index is 1.49. The number of nitro groups is 1. The topological polar surface area (TPSA) is 132 Å². The van der Waals surface area contributed by atoms with E-state index < -0.39 is 15.8 Å². The number of benzene rings is 2. The zero-order valence-corrected chi connectivity index (χ0v) is 20.2. The Labute approximate surface area is 213 Å². The van der Waals surface area contributed by atoms with Crippen molar-refractivity contribution in [2.45, 2.75) is 24.2 Å². The van der Waals surface area contributed by atoms with Gasteiger partial charge in [-0.1, -0.05) is 41.4 Å². The number of nitro benzene ring substituents is 1. The van der Waals surface area contributed by atoms with Crippen molar-refractivity contribution in [2.24, 2.45) is 0 Å². The Morgan fingerprint density at radius 2 is 1.97 bits per heavy atom. The molecule has 0 aliphatic carbocycles. The predicted molar refractivity (Wildman–Crippen MR) is 128 cm³/mol. The zero-order chi connectivity index (χ0) is 25.0. The van der Waals surface area contributed by atoms with Crippen molar-refractivity contribution < 1.29 is 24.3 Å². The maximum atomic E-state index is 10.8. The molecule has 0 saturated carbocycles. The van der Waals surface area contributed by atoms with Gasteiger partial charge < -0.3 is 14.0 Å². The fourth-order valence-corrected chi connectivity index (χ4v) is 5.11. The number of thioether (sulfide) groups is 1. The minimum atomic E-state index is -1.37. The fraction of sp³-hybridized carbons (Fsp3) is 0.286. The normalized spacial score (nSPS) is 19.5. The van der Waals surface area contributed by atoms with E-state index in [0.29, 0.717) is 27.1 Å². The molecule has 1 aliphatic heterocycles. The molecule has 4 rings (SSSR count). The standard InChI is InChI=1S/C21H18Cl2N4O7S/c22-15-3-6-18(19(23)9-15)21(13-25-8-7-24-20(25)34-27(30)31)32-10-17(33-21)12-35-11-14-1-4-16(5-2-14)26(28)29/h1-9,17H,10-13H2. The lowest BCUT2D eigenvalue weighted by Crippen LogP contribution is -2.34. The smallest absolute Gasteiger partial charge is 0.302 e. The van der Waals surface area contributed by atoms with E-state index in [1.807, 2.05) is 0 Å². The van der Waals surface area contributed by atoms with Crippen molar-refractivity contribution in [3.05, 3.63) is 96.3 Å². The van der Waals surface area contributed by atoms with Gasteiger partial charge in [-0.2, -0.15) is 11.8 Å². The van der Waals surface area contributed by atoms with E-state index in [1.54, 1.807) is 42.1 Å². The van der Waals surface area contributed by atoms with Crippen molar-refractivity contribution >= 4 is 40.7 Å². The van der Waals surface area contributed by atoms with E-state index in [9.17, 15) is 20.2 Å². The van der Waals surface area contributed by atoms with E-state index in [2.05, 4.69) is 9.82 Å². The highest BCUT2D eigenvalue weighted by atomic mass is 35.5. The van der Waals surface area contributed by atoms with Crippen LogP contribution in [0.1, 0.15) is 11.1 Å². The van der Waals surface area contributed by atoms with Crippen LogP contribution in [0.25, 0.3) is 0 Å². The van der Waals surface area contributed by atoms with Gasteiger partial charge in [0.1, 0.15) is 0 Å². The van der Waals surface area contributed by atoms with Crippen molar-refractivity contribution in [3.63, 3.8) is 0 Å². The highest BCUT2D eigenvalue weighted by molar-refractivity contribution is 7.98. The highest BCUT2D eigenvalue weighted by Crippen LogP contribution is 2.41. The molecule has 0 bridgehead atoms. The average molecular weight is 541 g/mol. The van der Waals surface area contributed by atoms with Crippen molar-refractivity contribution in [3.8, 4) is 6.01 Å². The van der Waals surface area contributed by atoms with E-state index in [1.165, 1.54) is 29.1 Å². The predicted octanol–water partition coefficient (Wildman–Crippen LogP) is 4.87. The monoisotopic (exact) mass is 540 g/mol. The molecule has 2 aromatic carbocycles. The Morgan fingerprint density at radius 1 is 1.20 bits per heavy atom. The molecular weight excluding hydrogens is 523 g/mol. The molecular formula is C21H18Cl2N4O7S. The van der Waals surface area contributed by atoms with Gasteiger partial charge in [-0.05, 0) is 17.7 Å². The van der Waals surface area contributed by atoms with Crippen molar-refractivity contribution in [2.75, 3.05) is 12.4 Å². The molecule has 11 nitrogen and oxygen atoms in total. The molecule has 0 amide bonds. The van der Waals surface area contributed by atoms with Gasteiger partial charge in [0.25, 0.3) is 11.7 Å². The number of halogens is 2. The third kappa shape index (κ3) is 6.03. The van der Waals surface area contributed by atoms with Gasteiger partial charge in [0.2, 0.25) is 5.79 Å². The van der Waals surface area contributed by atoms with Gasteiger partial charge in [-0.3, -0.25) is 10.1 Å². The Morgan fingerprint density at radius 3 is 2.66 bits per heavy atom. The summed E-state index contributed by atoms with van der Waals surface area (Å²) in [5, 5.41) is 21.4. The first-order valence-electron chi connectivity index (χ1n) is 10.2. The molecule has 1 aliphatic rings. The molecule has 184 valence electrons. The SMILES string of the molecule is O=[N+]([O-])Oc1nccn1CC1(c2ccc(Cl)cc2Cl)OCC(CSCc2ccc([N+](=O)[O-])cc2)O1. The van der Waals surface area contributed by atoms with Crippen LogP contribution in [0.2, 0.25) is 10.0 Å². The minimum Gasteiger partial charge on any atom is -0.342 e. The van der Waals surface area contributed by atoms with Crippen LogP contribution in [0.3, 0.4) is 0 Å². The van der Waals surface area contributed by atoms with E-state index in [4.69, 9.17) is 32.7 Å². The molecule has 1 fully saturated rings. The molecule has 1 saturated heterocycles. The summed E-state index contributed by atoms with van der Waals surface area (Å²) in [6.45, 7) is 0.230. The summed E-state index contributed by atoms with van der Waals surface area (Å²) in [7, 11) is 0. The third-order valence-electron chi connectivity index (χ3n) is 5.13. The molecule has 3 aromatic rings. The molecule has 14 heteroatoms. The summed E-state index contributed by atoms with van der Waals surface area (Å²) in [5.74, 6) is -0.184. The fourth-order valence-electron chi connectivity index (χ4n) is 3.58. The summed E-state index contributed by atoms with van der Waals surface area (Å²) in [4.78, 5) is 29.6. The Hall–Kier alpha value is -2.90. The van der Waals surface area contributed by atoms with Crippen LogP contribution in [0.4, 0.5) is 5.69 Å². The van der Waals surface area contributed by atoms with E-state index in [-0.39, 0.29) is 31.0 Å². The second-order valence-electron chi connectivity index (χ2n) is 7.52. The number of hydrogen-bond donors (Lipinski definition) is 0. The molecule has 2 unspecified atom stereocenters. The van der Waals surface area contributed by atoms with Crippen LogP contribution in [0, 0.1) is 20.2 Å². The minimum absolute atomic E-state index is 0.0129. The van der Waals surface area contributed by atoms with Gasteiger partial charge in [-0.25, -0.2) is 9.82 Å². The van der Waals surface area contributed by atoms with Gasteiger partial charge in [0, 0.05) is 46.6 Å². The second kappa shape index (κ2) is 10.8. The lowest BCUT2D eigenvalue weighted by molar-refractivity contribution is -0.713. The van der Waals surface area contributed by atoms with Crippen LogP contribution in [-0.2, 0) is 27.6 Å². The van der Waals surface area contributed by atoms with E-state index in [0.717, 1.165) is 5.56 Å². The highest BCUT2D eigenvalue weighted by Gasteiger charge is 2.45. The molecule has 35 heavy (non-hydrogen) atoms. The summed E-state index contributed by atoms with van der Waals surface area (Å²) in [6.07, 6.45) is 2.55. The second-order valence-corrected chi connectivity index (χ2v) is 9.39. The number of nitrogens with zero attached hydrogens (tertiary/aromatic N) is 4. The van der Waals surface area contributed by atoms with Crippen LogP contribution in [0.5, 0.6) is 6.01 Å². The molecule has 0 N–H and O–H groups in total. The number of aromatic nitrogens is 2. The molecule has 0 spiro atoms. The first-order valence-corrected chi connectivity index (χ1v) is 12.1. The molecule has 0 radical (unpaired) electrons. The lowest BCUT2D eigenvalue weighted by atomic mass is 10.1. The Bertz CT molecular complexity index is 1230. The largest absolute Gasteiger partial charge is 0.342 e. The number of ether oxygens (including phenoxy) is 2. The van der Waals surface area contributed by atoms with Gasteiger partial charge in [-0.15, -0.1) is 10.1 Å². The van der Waals surface area contributed by atoms with Gasteiger partial charge >= 0.3 is 5.09 Å². The first-order chi connectivity index (χ1) is 16.8. The van der Waals surface area contributed by atoms with Gasteiger partial charge in [0.05, 0.1) is 29.2 Å². The molecule has 1 aromatic heterocycles. The first kappa shape index (κ1) is 25.2. The number of non-ortho nitro benzene ring substituents is 1. The summed E-state index contributed by atoms with van der Waals surface area (Å²) < 4.78 is 13.9. The summed E-state index contributed by atoms with van der Waals surface area (Å²) in [5.41, 5.74) is 1.48. The maximum absolute atomic E-state index is 10.8. The molecule has 2 atom stereocenters. The summed E-state index contributed by atoms with van der Waals surface area (Å²) >= 11 is 14.1. The maximum Gasteiger partial charge on any atom is 0.302 e. The van der Waals surface area contributed by atoms with Crippen molar-refractivity contribution in [1.29, 1.82) is 0 Å². The lowest BCUT2D eigenvalue weighted by Gasteiger charge is -2.30. The molecule has 2 heterocycles. The zero-order valence-electron chi connectivity index (χ0n) is 17.9. The Kier molecular flexibility index (Phi) is 7.77. The van der Waals surface area contributed by atoms with Crippen LogP contribution < -0.4 is 4.84 Å². The van der Waals surface area contributed by atoms with Crippen molar-refractivity contribution in [1.82, 2.24) is 9.55 Å². The van der Waals surface area contributed by atoms with Gasteiger partial charge in [0.15, 0.2) is 0 Å². The number of rotatable bonds is 10. The van der Waals surface area contributed by atoms with Crippen LogP contribution in [0.15, 0.2) is 54.9 Å².